The van der Waals surface area contributed by atoms with Crippen molar-refractivity contribution in [3.8, 4) is 0 Å². The van der Waals surface area contributed by atoms with Crippen LogP contribution in [-0.4, -0.2) is 16.9 Å². The molecule has 1 aliphatic carbocycles. The van der Waals surface area contributed by atoms with Crippen molar-refractivity contribution in [2.45, 2.75) is 31.7 Å². The van der Waals surface area contributed by atoms with Crippen LogP contribution in [0.2, 0.25) is 0 Å². The van der Waals surface area contributed by atoms with Gasteiger partial charge in [-0.1, -0.05) is 6.07 Å². The Labute approximate surface area is 83.5 Å². The molecule has 0 aliphatic heterocycles. The number of hydrogen-bond acceptors (Lipinski definition) is 2. The summed E-state index contributed by atoms with van der Waals surface area (Å²) in [5.74, 6) is 0.151. The summed E-state index contributed by atoms with van der Waals surface area (Å²) in [6.07, 6.45) is 5.34. The van der Waals surface area contributed by atoms with Crippen molar-refractivity contribution in [2.75, 3.05) is 0 Å². The molecule has 14 heavy (non-hydrogen) atoms. The Morgan fingerprint density at radius 3 is 3.00 bits per heavy atom. The Morgan fingerprint density at radius 2 is 2.36 bits per heavy atom. The van der Waals surface area contributed by atoms with Gasteiger partial charge < -0.3 is 5.32 Å². The topological polar surface area (TPSA) is 42.0 Å². The van der Waals surface area contributed by atoms with E-state index in [1.165, 1.54) is 0 Å². The summed E-state index contributed by atoms with van der Waals surface area (Å²) in [4.78, 5) is 15.5. The highest BCUT2D eigenvalue weighted by molar-refractivity contribution is 5.76. The fourth-order valence-electron chi connectivity index (χ4n) is 1.32. The number of aryl methyl sites for hydroxylation is 1. The maximum absolute atomic E-state index is 11.3. The lowest BCUT2D eigenvalue weighted by atomic mass is 10.2. The lowest BCUT2D eigenvalue weighted by Gasteiger charge is -2.02. The zero-order valence-corrected chi connectivity index (χ0v) is 8.07. The Balaban J connectivity index is 1.73. The van der Waals surface area contributed by atoms with Crippen molar-refractivity contribution in [2.24, 2.45) is 0 Å². The maximum atomic E-state index is 11.3. The fraction of sp³-hybridized carbons (Fsp3) is 0.455. The monoisotopic (exact) mass is 190 g/mol. The van der Waals surface area contributed by atoms with Gasteiger partial charge in [0.05, 0.1) is 0 Å². The Morgan fingerprint density at radius 1 is 1.50 bits per heavy atom. The summed E-state index contributed by atoms with van der Waals surface area (Å²) in [7, 11) is 0. The molecule has 0 saturated heterocycles. The molecule has 3 nitrogen and oxygen atoms in total. The summed E-state index contributed by atoms with van der Waals surface area (Å²) in [6, 6.07) is 6.24. The van der Waals surface area contributed by atoms with Crippen LogP contribution in [0.25, 0.3) is 0 Å². The first-order valence-electron chi connectivity index (χ1n) is 5.04. The van der Waals surface area contributed by atoms with Crippen LogP contribution in [0.4, 0.5) is 0 Å². The first-order chi connectivity index (χ1) is 6.84. The van der Waals surface area contributed by atoms with Crippen molar-refractivity contribution in [3.63, 3.8) is 0 Å². The molecule has 1 saturated carbocycles. The van der Waals surface area contributed by atoms with E-state index in [-0.39, 0.29) is 5.91 Å². The molecular formula is C11H14N2O. The summed E-state index contributed by atoms with van der Waals surface area (Å²) < 4.78 is 0. The molecule has 1 aromatic rings. The number of carbonyl (C=O) groups excluding carboxylic acids is 1. The van der Waals surface area contributed by atoms with Gasteiger partial charge >= 0.3 is 0 Å². The van der Waals surface area contributed by atoms with Crippen LogP contribution in [-0.2, 0) is 11.2 Å². The number of rotatable bonds is 4. The van der Waals surface area contributed by atoms with E-state index in [4.69, 9.17) is 0 Å². The van der Waals surface area contributed by atoms with Crippen molar-refractivity contribution in [1.29, 1.82) is 0 Å². The molecule has 0 radical (unpaired) electrons. The van der Waals surface area contributed by atoms with Gasteiger partial charge in [0.1, 0.15) is 0 Å². The number of nitrogens with zero attached hydrogens (tertiary/aromatic N) is 1. The van der Waals surface area contributed by atoms with Gasteiger partial charge in [0.25, 0.3) is 0 Å². The standard InChI is InChI=1S/C11H14N2O/c14-11(13-10-4-5-10)7-6-9-3-1-2-8-12-9/h1-3,8,10H,4-7H2,(H,13,14). The van der Waals surface area contributed by atoms with Crippen LogP contribution in [0, 0.1) is 0 Å². The average Bonchev–Trinajstić information content (AvgIpc) is 3.00. The van der Waals surface area contributed by atoms with Crippen molar-refractivity contribution < 1.29 is 4.79 Å². The molecule has 0 aromatic carbocycles. The lowest BCUT2D eigenvalue weighted by molar-refractivity contribution is -0.121. The number of amides is 1. The molecule has 0 atom stereocenters. The highest BCUT2D eigenvalue weighted by Crippen LogP contribution is 2.18. The zero-order valence-electron chi connectivity index (χ0n) is 8.07. The number of carbonyl (C=O) groups is 1. The lowest BCUT2D eigenvalue weighted by Crippen LogP contribution is -2.25. The second-order valence-corrected chi connectivity index (χ2v) is 3.66. The molecule has 1 heterocycles. The molecule has 1 N–H and O–H groups in total. The normalized spacial score (nSPS) is 15.1. The van der Waals surface area contributed by atoms with Gasteiger partial charge in [0.15, 0.2) is 0 Å². The summed E-state index contributed by atoms with van der Waals surface area (Å²) in [6.45, 7) is 0. The van der Waals surface area contributed by atoms with Gasteiger partial charge in [0.2, 0.25) is 5.91 Å². The third-order valence-corrected chi connectivity index (χ3v) is 2.28. The second-order valence-electron chi connectivity index (χ2n) is 3.66. The SMILES string of the molecule is O=C(CCc1ccccn1)NC1CC1. The Kier molecular flexibility index (Phi) is 2.77. The minimum atomic E-state index is 0.151. The predicted molar refractivity (Wildman–Crippen MR) is 53.7 cm³/mol. The third-order valence-electron chi connectivity index (χ3n) is 2.28. The highest BCUT2D eigenvalue weighted by Gasteiger charge is 2.22. The molecule has 2 rings (SSSR count). The molecule has 1 amide bonds. The smallest absolute Gasteiger partial charge is 0.220 e. The van der Waals surface area contributed by atoms with Gasteiger partial charge in [-0.15, -0.1) is 0 Å². The number of hydrogen-bond donors (Lipinski definition) is 1. The molecule has 1 aromatic heterocycles. The maximum Gasteiger partial charge on any atom is 0.220 e. The van der Waals surface area contributed by atoms with Gasteiger partial charge in [-0.05, 0) is 31.4 Å². The molecule has 1 fully saturated rings. The van der Waals surface area contributed by atoms with Crippen LogP contribution in [0.3, 0.4) is 0 Å². The summed E-state index contributed by atoms with van der Waals surface area (Å²) in [5, 5.41) is 2.96. The van der Waals surface area contributed by atoms with E-state index in [2.05, 4.69) is 10.3 Å². The Bertz CT molecular complexity index is 306. The molecule has 0 spiro atoms. The summed E-state index contributed by atoms with van der Waals surface area (Å²) in [5.41, 5.74) is 0.985. The zero-order chi connectivity index (χ0) is 9.80. The van der Waals surface area contributed by atoms with Crippen LogP contribution in [0.1, 0.15) is 25.0 Å². The van der Waals surface area contributed by atoms with Crippen molar-refractivity contribution in [1.82, 2.24) is 10.3 Å². The van der Waals surface area contributed by atoms with Crippen molar-refractivity contribution >= 4 is 5.91 Å². The second kappa shape index (κ2) is 4.22. The van der Waals surface area contributed by atoms with Gasteiger partial charge in [-0.3, -0.25) is 9.78 Å². The van der Waals surface area contributed by atoms with E-state index < -0.39 is 0 Å². The number of aromatic nitrogens is 1. The van der Waals surface area contributed by atoms with E-state index in [9.17, 15) is 4.79 Å². The molecule has 74 valence electrons. The third kappa shape index (κ3) is 2.83. The number of pyridine rings is 1. The fourth-order valence-corrected chi connectivity index (χ4v) is 1.32. The molecule has 0 bridgehead atoms. The van der Waals surface area contributed by atoms with Gasteiger partial charge in [-0.25, -0.2) is 0 Å². The largest absolute Gasteiger partial charge is 0.353 e. The Hall–Kier alpha value is -1.38. The molecular weight excluding hydrogens is 176 g/mol. The highest BCUT2D eigenvalue weighted by atomic mass is 16.1. The van der Waals surface area contributed by atoms with Crippen LogP contribution >= 0.6 is 0 Å². The minimum absolute atomic E-state index is 0.151. The van der Waals surface area contributed by atoms with E-state index >= 15 is 0 Å². The van der Waals surface area contributed by atoms with Crippen LogP contribution < -0.4 is 5.32 Å². The van der Waals surface area contributed by atoms with Crippen molar-refractivity contribution in [3.05, 3.63) is 30.1 Å². The minimum Gasteiger partial charge on any atom is -0.353 e. The first kappa shape index (κ1) is 9.19. The first-order valence-corrected chi connectivity index (χ1v) is 5.04. The predicted octanol–water partition coefficient (Wildman–Crippen LogP) is 1.29. The molecule has 3 heteroatoms. The van der Waals surface area contributed by atoms with E-state index in [0.717, 1.165) is 25.0 Å². The molecule has 0 unspecified atom stereocenters. The van der Waals surface area contributed by atoms with E-state index in [1.807, 2.05) is 18.2 Å². The van der Waals surface area contributed by atoms with E-state index in [1.54, 1.807) is 6.20 Å². The quantitative estimate of drug-likeness (QED) is 0.777. The number of nitrogens with one attached hydrogen (secondary N) is 1. The van der Waals surface area contributed by atoms with Crippen LogP contribution in [0.15, 0.2) is 24.4 Å². The molecule has 1 aliphatic rings. The van der Waals surface area contributed by atoms with Gasteiger partial charge in [-0.2, -0.15) is 0 Å². The van der Waals surface area contributed by atoms with E-state index in [0.29, 0.717) is 12.5 Å². The summed E-state index contributed by atoms with van der Waals surface area (Å²) >= 11 is 0. The average molecular weight is 190 g/mol. The van der Waals surface area contributed by atoms with Crippen LogP contribution in [0.5, 0.6) is 0 Å². The van der Waals surface area contributed by atoms with Gasteiger partial charge in [0, 0.05) is 24.4 Å².